The van der Waals surface area contributed by atoms with Crippen LogP contribution in [0.2, 0.25) is 0 Å². The molecule has 1 saturated heterocycles. The van der Waals surface area contributed by atoms with Gasteiger partial charge in [0.25, 0.3) is 0 Å². The summed E-state index contributed by atoms with van der Waals surface area (Å²) in [5.74, 6) is -0.0360. The van der Waals surface area contributed by atoms with E-state index in [1.54, 1.807) is 0 Å². The molecule has 1 heterocycles. The summed E-state index contributed by atoms with van der Waals surface area (Å²) in [7, 11) is 0. The van der Waals surface area contributed by atoms with Crippen molar-refractivity contribution in [3.8, 4) is 0 Å². The van der Waals surface area contributed by atoms with Gasteiger partial charge in [-0.2, -0.15) is 0 Å². The minimum atomic E-state index is -0.273. The first-order valence-electron chi connectivity index (χ1n) is 6.43. The van der Waals surface area contributed by atoms with Gasteiger partial charge in [0.2, 0.25) is 11.8 Å². The molecule has 0 bridgehead atoms. The van der Waals surface area contributed by atoms with Crippen LogP contribution in [0.1, 0.15) is 32.6 Å². The van der Waals surface area contributed by atoms with Gasteiger partial charge in [-0.15, -0.1) is 0 Å². The van der Waals surface area contributed by atoms with E-state index in [0.717, 1.165) is 6.54 Å². The molecule has 0 aromatic rings. The SMILES string of the molecule is CCCC1(CNC(=O)C2CNC(=O)CN2)CC1. The van der Waals surface area contributed by atoms with Crippen LogP contribution in [-0.4, -0.2) is 37.5 Å². The van der Waals surface area contributed by atoms with Crippen LogP contribution in [0.5, 0.6) is 0 Å². The molecule has 0 radical (unpaired) electrons. The van der Waals surface area contributed by atoms with Crippen LogP contribution in [0.3, 0.4) is 0 Å². The lowest BCUT2D eigenvalue weighted by molar-refractivity contribution is -0.126. The Morgan fingerprint density at radius 2 is 2.29 bits per heavy atom. The number of amides is 2. The predicted molar refractivity (Wildman–Crippen MR) is 64.4 cm³/mol. The number of rotatable bonds is 5. The number of carbonyl (C=O) groups excluding carboxylic acids is 2. The Hall–Kier alpha value is -1.10. The molecule has 0 spiro atoms. The third kappa shape index (κ3) is 3.19. The lowest BCUT2D eigenvalue weighted by Crippen LogP contribution is -2.58. The number of piperazine rings is 1. The van der Waals surface area contributed by atoms with Crippen LogP contribution in [0.15, 0.2) is 0 Å². The van der Waals surface area contributed by atoms with Gasteiger partial charge in [0.15, 0.2) is 0 Å². The summed E-state index contributed by atoms with van der Waals surface area (Å²) in [4.78, 5) is 22.8. The van der Waals surface area contributed by atoms with Gasteiger partial charge in [0, 0.05) is 13.1 Å². The van der Waals surface area contributed by atoms with E-state index < -0.39 is 0 Å². The monoisotopic (exact) mass is 239 g/mol. The Kier molecular flexibility index (Phi) is 3.66. The summed E-state index contributed by atoms with van der Waals surface area (Å²) < 4.78 is 0. The van der Waals surface area contributed by atoms with Gasteiger partial charge in [-0.25, -0.2) is 0 Å². The van der Waals surface area contributed by atoms with Crippen molar-refractivity contribution >= 4 is 11.8 Å². The molecule has 2 aliphatic rings. The zero-order chi connectivity index (χ0) is 12.3. The van der Waals surface area contributed by atoms with E-state index in [-0.39, 0.29) is 24.4 Å². The van der Waals surface area contributed by atoms with Gasteiger partial charge < -0.3 is 10.6 Å². The second-order valence-corrected chi connectivity index (χ2v) is 5.21. The molecule has 0 aromatic carbocycles. The highest BCUT2D eigenvalue weighted by molar-refractivity contribution is 5.86. The van der Waals surface area contributed by atoms with Gasteiger partial charge in [-0.1, -0.05) is 13.3 Å². The Bertz CT molecular complexity index is 303. The molecule has 17 heavy (non-hydrogen) atoms. The molecule has 5 heteroatoms. The molecule has 2 fully saturated rings. The molecule has 5 nitrogen and oxygen atoms in total. The zero-order valence-corrected chi connectivity index (χ0v) is 10.3. The van der Waals surface area contributed by atoms with E-state index in [0.29, 0.717) is 12.0 Å². The van der Waals surface area contributed by atoms with E-state index in [9.17, 15) is 9.59 Å². The third-order valence-electron chi connectivity index (χ3n) is 3.70. The number of hydrogen-bond acceptors (Lipinski definition) is 3. The lowest BCUT2D eigenvalue weighted by Gasteiger charge is -2.24. The summed E-state index contributed by atoms with van der Waals surface area (Å²) in [5.41, 5.74) is 0.377. The molecule has 2 amide bonds. The minimum absolute atomic E-state index is 0.00683. The maximum absolute atomic E-state index is 11.9. The zero-order valence-electron chi connectivity index (χ0n) is 10.3. The number of carbonyl (C=O) groups is 2. The van der Waals surface area contributed by atoms with E-state index in [1.165, 1.54) is 25.7 Å². The summed E-state index contributed by atoms with van der Waals surface area (Å²) in [6.45, 7) is 3.59. The highest BCUT2D eigenvalue weighted by Gasteiger charge is 2.41. The van der Waals surface area contributed by atoms with Crippen molar-refractivity contribution in [1.82, 2.24) is 16.0 Å². The normalized spacial score (nSPS) is 26.2. The van der Waals surface area contributed by atoms with Gasteiger partial charge in [-0.3, -0.25) is 14.9 Å². The molecular formula is C12H21N3O2. The first kappa shape index (κ1) is 12.4. The fraction of sp³-hybridized carbons (Fsp3) is 0.833. The molecule has 1 atom stereocenters. The Balaban J connectivity index is 1.72. The van der Waals surface area contributed by atoms with Gasteiger partial charge in [0.05, 0.1) is 6.54 Å². The van der Waals surface area contributed by atoms with E-state index in [2.05, 4.69) is 22.9 Å². The molecule has 1 saturated carbocycles. The maximum atomic E-state index is 11.9. The van der Waals surface area contributed by atoms with E-state index in [4.69, 9.17) is 0 Å². The summed E-state index contributed by atoms with van der Waals surface area (Å²) in [6.07, 6.45) is 4.83. The first-order valence-corrected chi connectivity index (χ1v) is 6.43. The molecule has 1 aliphatic heterocycles. The predicted octanol–water partition coefficient (Wildman–Crippen LogP) is -0.229. The van der Waals surface area contributed by atoms with Crippen molar-refractivity contribution in [1.29, 1.82) is 0 Å². The van der Waals surface area contributed by atoms with Crippen molar-refractivity contribution in [2.24, 2.45) is 5.41 Å². The fourth-order valence-electron chi connectivity index (χ4n) is 2.37. The second-order valence-electron chi connectivity index (χ2n) is 5.21. The molecule has 1 unspecified atom stereocenters. The molecular weight excluding hydrogens is 218 g/mol. The Morgan fingerprint density at radius 3 is 2.82 bits per heavy atom. The standard InChI is InChI=1S/C12H21N3O2/c1-2-3-12(4-5-12)8-15-11(17)9-6-14-10(16)7-13-9/h9,13H,2-8H2,1H3,(H,14,16)(H,15,17). The number of nitrogens with one attached hydrogen (secondary N) is 3. The average Bonchev–Trinajstić information content (AvgIpc) is 3.08. The topological polar surface area (TPSA) is 70.2 Å². The second kappa shape index (κ2) is 5.04. The molecule has 2 rings (SSSR count). The highest BCUT2D eigenvalue weighted by Crippen LogP contribution is 2.48. The smallest absolute Gasteiger partial charge is 0.238 e. The molecule has 96 valence electrons. The van der Waals surface area contributed by atoms with Crippen LogP contribution >= 0.6 is 0 Å². The molecule has 3 N–H and O–H groups in total. The quantitative estimate of drug-likeness (QED) is 0.621. The fourth-order valence-corrected chi connectivity index (χ4v) is 2.37. The first-order chi connectivity index (χ1) is 8.15. The van der Waals surface area contributed by atoms with Crippen LogP contribution in [0.25, 0.3) is 0 Å². The van der Waals surface area contributed by atoms with Gasteiger partial charge >= 0.3 is 0 Å². The Morgan fingerprint density at radius 1 is 1.53 bits per heavy atom. The average molecular weight is 239 g/mol. The Labute approximate surface area is 102 Å². The van der Waals surface area contributed by atoms with Crippen molar-refractivity contribution < 1.29 is 9.59 Å². The van der Waals surface area contributed by atoms with Crippen molar-refractivity contribution in [2.75, 3.05) is 19.6 Å². The van der Waals surface area contributed by atoms with Crippen molar-refractivity contribution in [3.05, 3.63) is 0 Å². The van der Waals surface area contributed by atoms with Gasteiger partial charge in [0.1, 0.15) is 6.04 Å². The number of hydrogen-bond donors (Lipinski definition) is 3. The van der Waals surface area contributed by atoms with Gasteiger partial charge in [-0.05, 0) is 24.7 Å². The lowest BCUT2D eigenvalue weighted by atomic mass is 10.0. The third-order valence-corrected chi connectivity index (χ3v) is 3.70. The summed E-state index contributed by atoms with van der Waals surface area (Å²) in [6, 6.07) is -0.273. The molecule has 0 aromatic heterocycles. The largest absolute Gasteiger partial charge is 0.354 e. The maximum Gasteiger partial charge on any atom is 0.238 e. The van der Waals surface area contributed by atoms with Crippen LogP contribution in [0, 0.1) is 5.41 Å². The summed E-state index contributed by atoms with van der Waals surface area (Å²) >= 11 is 0. The summed E-state index contributed by atoms with van der Waals surface area (Å²) in [5, 5.41) is 8.62. The highest BCUT2D eigenvalue weighted by atomic mass is 16.2. The van der Waals surface area contributed by atoms with Crippen LogP contribution < -0.4 is 16.0 Å². The molecule has 1 aliphatic carbocycles. The van der Waals surface area contributed by atoms with Crippen molar-refractivity contribution in [3.63, 3.8) is 0 Å². The minimum Gasteiger partial charge on any atom is -0.354 e. The van der Waals surface area contributed by atoms with Crippen LogP contribution in [-0.2, 0) is 9.59 Å². The van der Waals surface area contributed by atoms with Crippen LogP contribution in [0.4, 0.5) is 0 Å². The van der Waals surface area contributed by atoms with E-state index >= 15 is 0 Å². The van der Waals surface area contributed by atoms with E-state index in [1.807, 2.05) is 0 Å². The van der Waals surface area contributed by atoms with Crippen molar-refractivity contribution in [2.45, 2.75) is 38.6 Å².